The van der Waals surface area contributed by atoms with E-state index in [2.05, 4.69) is 11.4 Å². The molecule has 200 valence electrons. The molecule has 5 heteroatoms. The maximum Gasteiger partial charge on any atom is 0.261 e. The van der Waals surface area contributed by atoms with Gasteiger partial charge in [0.05, 0.1) is 0 Å². The third-order valence-electron chi connectivity index (χ3n) is 7.51. The maximum atomic E-state index is 13.9. The average molecular weight is 521 g/mol. The first kappa shape index (κ1) is 26.5. The molecular formula is C34H36N2O3. The lowest BCUT2D eigenvalue weighted by Crippen LogP contribution is -2.53. The highest BCUT2D eigenvalue weighted by Gasteiger charge is 2.32. The molecule has 1 aliphatic carbocycles. The van der Waals surface area contributed by atoms with Crippen LogP contribution in [0.1, 0.15) is 42.4 Å². The Kier molecular flexibility index (Phi) is 8.57. The van der Waals surface area contributed by atoms with E-state index in [4.69, 9.17) is 4.74 Å². The Labute approximate surface area is 230 Å². The summed E-state index contributed by atoms with van der Waals surface area (Å²) in [6, 6.07) is 31.3. The van der Waals surface area contributed by atoms with Gasteiger partial charge < -0.3 is 15.0 Å². The fraction of sp³-hybridized carbons (Fsp3) is 0.294. The zero-order valence-electron chi connectivity index (χ0n) is 22.5. The number of benzene rings is 4. The van der Waals surface area contributed by atoms with E-state index >= 15 is 0 Å². The molecule has 4 aromatic rings. The number of nitrogens with zero attached hydrogens (tertiary/aromatic N) is 1. The number of fused-ring (bicyclic) bond motifs is 1. The summed E-state index contributed by atoms with van der Waals surface area (Å²) in [5, 5.41) is 5.27. The van der Waals surface area contributed by atoms with Crippen molar-refractivity contribution in [1.29, 1.82) is 0 Å². The van der Waals surface area contributed by atoms with Gasteiger partial charge in [0.15, 0.2) is 6.61 Å². The van der Waals surface area contributed by atoms with Crippen LogP contribution in [0.4, 0.5) is 0 Å². The molecule has 4 aromatic carbocycles. The number of carbonyl (C=O) groups excluding carboxylic acids is 2. The van der Waals surface area contributed by atoms with E-state index in [9.17, 15) is 9.59 Å². The van der Waals surface area contributed by atoms with E-state index in [1.165, 1.54) is 0 Å². The van der Waals surface area contributed by atoms with Crippen LogP contribution in [-0.4, -0.2) is 35.4 Å². The van der Waals surface area contributed by atoms with E-state index in [1.807, 2.05) is 97.9 Å². The van der Waals surface area contributed by atoms with E-state index < -0.39 is 6.04 Å². The van der Waals surface area contributed by atoms with Gasteiger partial charge in [-0.2, -0.15) is 0 Å². The fourth-order valence-corrected chi connectivity index (χ4v) is 5.47. The van der Waals surface area contributed by atoms with Gasteiger partial charge in [-0.1, -0.05) is 109 Å². The molecule has 1 fully saturated rings. The predicted octanol–water partition coefficient (Wildman–Crippen LogP) is 6.23. The zero-order valence-corrected chi connectivity index (χ0v) is 22.5. The molecule has 5 nitrogen and oxygen atoms in total. The van der Waals surface area contributed by atoms with Crippen LogP contribution in [-0.2, 0) is 22.6 Å². The van der Waals surface area contributed by atoms with Crippen molar-refractivity contribution >= 4 is 22.6 Å². The molecule has 1 N–H and O–H groups in total. The molecule has 0 aromatic heterocycles. The number of ether oxygens (including phenoxy) is 1. The normalized spacial score (nSPS) is 14.2. The minimum absolute atomic E-state index is 0.100. The van der Waals surface area contributed by atoms with E-state index in [1.54, 1.807) is 4.90 Å². The number of hydrogen-bond donors (Lipinski definition) is 1. The zero-order chi connectivity index (χ0) is 27.0. The highest BCUT2D eigenvalue weighted by molar-refractivity contribution is 5.90. The molecule has 5 rings (SSSR count). The minimum Gasteiger partial charge on any atom is -0.483 e. The molecule has 0 aliphatic heterocycles. The second-order valence-electron chi connectivity index (χ2n) is 10.5. The molecule has 0 spiro atoms. The van der Waals surface area contributed by atoms with Crippen molar-refractivity contribution in [2.75, 3.05) is 6.61 Å². The van der Waals surface area contributed by atoms with Crippen LogP contribution in [0.15, 0.2) is 97.1 Å². The smallest absolute Gasteiger partial charge is 0.261 e. The SMILES string of the molecule is Cc1cccc(CN(C(=O)COc2cccc3ccccc23)[C@H](Cc2ccccc2)C(=O)NC2CCCC2)c1. The molecule has 2 amide bonds. The summed E-state index contributed by atoms with van der Waals surface area (Å²) in [5.41, 5.74) is 3.11. The second-order valence-corrected chi connectivity index (χ2v) is 10.5. The maximum absolute atomic E-state index is 13.9. The van der Waals surface area contributed by atoms with Crippen molar-refractivity contribution in [2.24, 2.45) is 0 Å². The van der Waals surface area contributed by atoms with Crippen molar-refractivity contribution < 1.29 is 14.3 Å². The van der Waals surface area contributed by atoms with Crippen LogP contribution in [0.2, 0.25) is 0 Å². The van der Waals surface area contributed by atoms with Gasteiger partial charge in [0.25, 0.3) is 5.91 Å². The number of hydrogen-bond acceptors (Lipinski definition) is 3. The average Bonchev–Trinajstić information content (AvgIpc) is 3.47. The summed E-state index contributed by atoms with van der Waals surface area (Å²) in [6.45, 7) is 2.21. The molecule has 0 heterocycles. The summed E-state index contributed by atoms with van der Waals surface area (Å²) >= 11 is 0. The fourth-order valence-electron chi connectivity index (χ4n) is 5.47. The molecule has 0 bridgehead atoms. The monoisotopic (exact) mass is 520 g/mol. The standard InChI is InChI=1S/C34H36N2O3/c1-25-11-9-14-27(21-25)23-36(33(37)24-39-32-20-10-16-28-15-5-8-19-30(28)32)31(22-26-12-3-2-4-13-26)34(38)35-29-17-6-7-18-29/h2-5,8-16,19-21,29,31H,6-7,17-18,22-24H2,1H3,(H,35,38)/t31-/m1/s1. The topological polar surface area (TPSA) is 58.6 Å². The van der Waals surface area contributed by atoms with Crippen LogP contribution in [0.25, 0.3) is 10.8 Å². The Bertz CT molecular complexity index is 1410. The Balaban J connectivity index is 1.44. The van der Waals surface area contributed by atoms with Crippen LogP contribution < -0.4 is 10.1 Å². The van der Waals surface area contributed by atoms with Crippen molar-refractivity contribution in [3.63, 3.8) is 0 Å². The Hall–Kier alpha value is -4.12. The Morgan fingerprint density at radius 3 is 2.36 bits per heavy atom. The lowest BCUT2D eigenvalue weighted by Gasteiger charge is -2.32. The molecule has 39 heavy (non-hydrogen) atoms. The first-order valence-corrected chi connectivity index (χ1v) is 13.9. The van der Waals surface area contributed by atoms with Gasteiger partial charge in [-0.05, 0) is 42.3 Å². The summed E-state index contributed by atoms with van der Waals surface area (Å²) in [4.78, 5) is 29.5. The summed E-state index contributed by atoms with van der Waals surface area (Å²) in [7, 11) is 0. The lowest BCUT2D eigenvalue weighted by molar-refractivity contribution is -0.143. The Morgan fingerprint density at radius 2 is 1.56 bits per heavy atom. The van der Waals surface area contributed by atoms with Crippen molar-refractivity contribution in [3.8, 4) is 5.75 Å². The molecule has 1 saturated carbocycles. The number of aryl methyl sites for hydroxylation is 1. The minimum atomic E-state index is -0.655. The second kappa shape index (κ2) is 12.6. The summed E-state index contributed by atoms with van der Waals surface area (Å²) < 4.78 is 6.11. The Morgan fingerprint density at radius 1 is 0.872 bits per heavy atom. The number of nitrogens with one attached hydrogen (secondary N) is 1. The van der Waals surface area contributed by atoms with Gasteiger partial charge in [-0.25, -0.2) is 0 Å². The predicted molar refractivity (Wildman–Crippen MR) is 156 cm³/mol. The van der Waals surface area contributed by atoms with Crippen LogP contribution in [0.5, 0.6) is 5.75 Å². The van der Waals surface area contributed by atoms with Crippen LogP contribution in [0.3, 0.4) is 0 Å². The van der Waals surface area contributed by atoms with Gasteiger partial charge >= 0.3 is 0 Å². The van der Waals surface area contributed by atoms with Gasteiger partial charge in [-0.3, -0.25) is 9.59 Å². The number of rotatable bonds is 10. The number of carbonyl (C=O) groups is 2. The third kappa shape index (κ3) is 6.85. The third-order valence-corrected chi connectivity index (χ3v) is 7.51. The van der Waals surface area contributed by atoms with Crippen molar-refractivity contribution in [1.82, 2.24) is 10.2 Å². The van der Waals surface area contributed by atoms with E-state index in [0.29, 0.717) is 18.7 Å². The highest BCUT2D eigenvalue weighted by atomic mass is 16.5. The van der Waals surface area contributed by atoms with Crippen LogP contribution in [0, 0.1) is 6.92 Å². The molecular weight excluding hydrogens is 484 g/mol. The molecule has 1 aliphatic rings. The lowest BCUT2D eigenvalue weighted by atomic mass is 10.0. The van der Waals surface area contributed by atoms with Crippen molar-refractivity contribution in [3.05, 3.63) is 114 Å². The largest absolute Gasteiger partial charge is 0.483 e. The van der Waals surface area contributed by atoms with E-state index in [0.717, 1.165) is 53.1 Å². The van der Waals surface area contributed by atoms with Gasteiger partial charge in [-0.15, -0.1) is 0 Å². The van der Waals surface area contributed by atoms with Gasteiger partial charge in [0.2, 0.25) is 5.91 Å². The van der Waals surface area contributed by atoms with Gasteiger partial charge in [0, 0.05) is 24.4 Å². The quantitative estimate of drug-likeness (QED) is 0.270. The number of amides is 2. The first-order valence-electron chi connectivity index (χ1n) is 13.9. The molecule has 1 atom stereocenters. The van der Waals surface area contributed by atoms with E-state index in [-0.39, 0.29) is 24.5 Å². The molecule has 0 saturated heterocycles. The summed E-state index contributed by atoms with van der Waals surface area (Å²) in [6.07, 6.45) is 4.66. The first-order chi connectivity index (χ1) is 19.1. The molecule has 0 unspecified atom stereocenters. The summed E-state index contributed by atoms with van der Waals surface area (Å²) in [5.74, 6) is 0.343. The van der Waals surface area contributed by atoms with Crippen LogP contribution >= 0.6 is 0 Å². The van der Waals surface area contributed by atoms with Gasteiger partial charge in [0.1, 0.15) is 11.8 Å². The highest BCUT2D eigenvalue weighted by Crippen LogP contribution is 2.26. The molecule has 0 radical (unpaired) electrons. The van der Waals surface area contributed by atoms with Crippen molar-refractivity contribution in [2.45, 2.75) is 57.7 Å².